The van der Waals surface area contributed by atoms with Crippen molar-refractivity contribution in [3.8, 4) is 5.75 Å². The number of nitrogens with zero attached hydrogens (tertiary/aromatic N) is 1. The number of likely N-dealkylation sites (tertiary alicyclic amines) is 1. The van der Waals surface area contributed by atoms with Crippen molar-refractivity contribution >= 4 is 11.8 Å². The minimum Gasteiger partial charge on any atom is -0.496 e. The molecule has 1 aliphatic heterocycles. The zero-order valence-corrected chi connectivity index (χ0v) is 17.0. The molecule has 2 rings (SSSR count). The Balaban J connectivity index is 2.37. The molecule has 2 amide bonds. The van der Waals surface area contributed by atoms with Gasteiger partial charge in [-0.25, -0.2) is 0 Å². The van der Waals surface area contributed by atoms with Crippen LogP contribution in [0.3, 0.4) is 0 Å². The number of carbonyl (C=O) groups excluding carboxylic acids is 2. The Kier molecular flexibility index (Phi) is 7.25. The Morgan fingerprint density at radius 3 is 2.70 bits per heavy atom. The summed E-state index contributed by atoms with van der Waals surface area (Å²) in [6, 6.07) is 7.33. The molecule has 2 unspecified atom stereocenters. The van der Waals surface area contributed by atoms with Crippen molar-refractivity contribution in [1.82, 2.24) is 10.2 Å². The summed E-state index contributed by atoms with van der Waals surface area (Å²) >= 11 is 0. The summed E-state index contributed by atoms with van der Waals surface area (Å²) in [5.74, 6) is 0.426. The van der Waals surface area contributed by atoms with Gasteiger partial charge in [0.25, 0.3) is 0 Å². The van der Waals surface area contributed by atoms with E-state index in [-0.39, 0.29) is 23.8 Å². The molecule has 1 aliphatic rings. The summed E-state index contributed by atoms with van der Waals surface area (Å²) in [6.45, 7) is 6.89. The van der Waals surface area contributed by atoms with Crippen LogP contribution in [0.5, 0.6) is 5.75 Å². The third kappa shape index (κ3) is 5.45. The maximum Gasteiger partial charge on any atom is 0.225 e. The van der Waals surface area contributed by atoms with Crippen LogP contribution < -0.4 is 15.8 Å². The van der Waals surface area contributed by atoms with Crippen LogP contribution in [0.1, 0.15) is 58.1 Å². The van der Waals surface area contributed by atoms with Crippen molar-refractivity contribution in [3.05, 3.63) is 29.8 Å². The number of hydrogen-bond acceptors (Lipinski definition) is 4. The topological polar surface area (TPSA) is 84.7 Å². The fourth-order valence-corrected chi connectivity index (χ4v) is 3.56. The molecule has 0 radical (unpaired) electrons. The summed E-state index contributed by atoms with van der Waals surface area (Å²) in [6.07, 6.45) is 2.81. The second-order valence-corrected chi connectivity index (χ2v) is 7.98. The SMILES string of the molecule is CCCCN1C(=O)CCC(C(=O)NCC(C)(C)N)C1c1ccccc1OC. The molecule has 1 fully saturated rings. The lowest BCUT2D eigenvalue weighted by Gasteiger charge is -2.41. The predicted molar refractivity (Wildman–Crippen MR) is 106 cm³/mol. The van der Waals surface area contributed by atoms with E-state index >= 15 is 0 Å². The normalized spacial score (nSPS) is 20.5. The number of nitrogens with two attached hydrogens (primary N) is 1. The van der Waals surface area contributed by atoms with E-state index in [1.165, 1.54) is 0 Å². The number of benzene rings is 1. The average molecular weight is 376 g/mol. The van der Waals surface area contributed by atoms with Crippen LogP contribution in [-0.2, 0) is 9.59 Å². The first-order chi connectivity index (χ1) is 12.8. The lowest BCUT2D eigenvalue weighted by molar-refractivity contribution is -0.143. The van der Waals surface area contributed by atoms with Crippen molar-refractivity contribution in [3.63, 3.8) is 0 Å². The van der Waals surface area contributed by atoms with Crippen LogP contribution in [0.15, 0.2) is 24.3 Å². The minimum absolute atomic E-state index is 0.0570. The molecule has 1 aromatic carbocycles. The second-order valence-electron chi connectivity index (χ2n) is 7.98. The molecule has 3 N–H and O–H groups in total. The van der Waals surface area contributed by atoms with E-state index < -0.39 is 5.54 Å². The Morgan fingerprint density at radius 2 is 2.07 bits per heavy atom. The number of nitrogens with one attached hydrogen (secondary N) is 1. The van der Waals surface area contributed by atoms with Crippen LogP contribution in [-0.4, -0.2) is 42.5 Å². The van der Waals surface area contributed by atoms with Crippen LogP contribution >= 0.6 is 0 Å². The summed E-state index contributed by atoms with van der Waals surface area (Å²) in [5, 5.41) is 2.98. The van der Waals surface area contributed by atoms with Gasteiger partial charge in [0, 0.05) is 30.6 Å². The highest BCUT2D eigenvalue weighted by Crippen LogP contribution is 2.40. The van der Waals surface area contributed by atoms with Gasteiger partial charge < -0.3 is 20.7 Å². The van der Waals surface area contributed by atoms with Crippen molar-refractivity contribution in [1.29, 1.82) is 0 Å². The molecule has 2 atom stereocenters. The number of ether oxygens (including phenoxy) is 1. The number of carbonyl (C=O) groups is 2. The number of hydrogen-bond donors (Lipinski definition) is 2. The Morgan fingerprint density at radius 1 is 1.37 bits per heavy atom. The second kappa shape index (κ2) is 9.22. The van der Waals surface area contributed by atoms with Crippen LogP contribution in [0, 0.1) is 5.92 Å². The van der Waals surface area contributed by atoms with Gasteiger partial charge in [0.15, 0.2) is 0 Å². The molecule has 0 aliphatic carbocycles. The first-order valence-corrected chi connectivity index (χ1v) is 9.77. The smallest absolute Gasteiger partial charge is 0.225 e. The molecule has 1 aromatic rings. The van der Waals surface area contributed by atoms with Gasteiger partial charge in [0.1, 0.15) is 5.75 Å². The maximum absolute atomic E-state index is 13.0. The van der Waals surface area contributed by atoms with Gasteiger partial charge in [0.05, 0.1) is 19.1 Å². The Labute approximate surface area is 162 Å². The highest BCUT2D eigenvalue weighted by atomic mass is 16.5. The Bertz CT molecular complexity index is 654. The van der Waals surface area contributed by atoms with E-state index in [4.69, 9.17) is 10.5 Å². The van der Waals surface area contributed by atoms with E-state index in [0.29, 0.717) is 31.7 Å². The monoisotopic (exact) mass is 375 g/mol. The molecular formula is C21H33N3O3. The first-order valence-electron chi connectivity index (χ1n) is 9.77. The number of piperidine rings is 1. The van der Waals surface area contributed by atoms with Gasteiger partial charge in [0.2, 0.25) is 11.8 Å². The fraction of sp³-hybridized carbons (Fsp3) is 0.619. The standard InChI is InChI=1S/C21H33N3O3/c1-5-6-13-24-18(25)12-11-16(20(26)23-14-21(2,3)22)19(24)15-9-7-8-10-17(15)27-4/h7-10,16,19H,5-6,11-14,22H2,1-4H3,(H,23,26). The highest BCUT2D eigenvalue weighted by Gasteiger charge is 2.41. The molecular weight excluding hydrogens is 342 g/mol. The summed E-state index contributed by atoms with van der Waals surface area (Å²) in [7, 11) is 1.62. The molecule has 6 nitrogen and oxygen atoms in total. The lowest BCUT2D eigenvalue weighted by Crippen LogP contribution is -2.51. The lowest BCUT2D eigenvalue weighted by atomic mass is 9.82. The van der Waals surface area contributed by atoms with Crippen molar-refractivity contribution in [2.75, 3.05) is 20.2 Å². The zero-order chi connectivity index (χ0) is 20.0. The van der Waals surface area contributed by atoms with E-state index in [1.54, 1.807) is 7.11 Å². The molecule has 0 spiro atoms. The van der Waals surface area contributed by atoms with Gasteiger partial charge in [-0.05, 0) is 32.8 Å². The molecule has 1 heterocycles. The van der Waals surface area contributed by atoms with E-state index in [2.05, 4.69) is 12.2 Å². The van der Waals surface area contributed by atoms with Gasteiger partial charge in [-0.2, -0.15) is 0 Å². The number of para-hydroxylation sites is 1. The molecule has 0 bridgehead atoms. The largest absolute Gasteiger partial charge is 0.496 e. The summed E-state index contributed by atoms with van der Waals surface area (Å²) in [4.78, 5) is 27.6. The van der Waals surface area contributed by atoms with E-state index in [9.17, 15) is 9.59 Å². The van der Waals surface area contributed by atoms with E-state index in [1.807, 2.05) is 43.0 Å². The van der Waals surface area contributed by atoms with Gasteiger partial charge >= 0.3 is 0 Å². The number of unbranched alkanes of at least 4 members (excludes halogenated alkanes) is 1. The highest BCUT2D eigenvalue weighted by molar-refractivity contribution is 5.85. The van der Waals surface area contributed by atoms with Gasteiger partial charge in [-0.1, -0.05) is 31.5 Å². The van der Waals surface area contributed by atoms with Gasteiger partial charge in [-0.15, -0.1) is 0 Å². The van der Waals surface area contributed by atoms with E-state index in [0.717, 1.165) is 18.4 Å². The molecule has 0 aromatic heterocycles. The number of amides is 2. The van der Waals surface area contributed by atoms with Crippen molar-refractivity contribution in [2.24, 2.45) is 11.7 Å². The molecule has 6 heteroatoms. The minimum atomic E-state index is -0.484. The molecule has 27 heavy (non-hydrogen) atoms. The quantitative estimate of drug-likeness (QED) is 0.731. The number of rotatable bonds is 8. The molecule has 150 valence electrons. The third-order valence-electron chi connectivity index (χ3n) is 4.97. The number of methoxy groups -OCH3 is 1. The van der Waals surface area contributed by atoms with Crippen LogP contribution in [0.25, 0.3) is 0 Å². The van der Waals surface area contributed by atoms with Crippen molar-refractivity contribution in [2.45, 2.75) is 58.0 Å². The Hall–Kier alpha value is -2.08. The summed E-state index contributed by atoms with van der Waals surface area (Å²) in [5.41, 5.74) is 6.42. The molecule has 0 saturated carbocycles. The zero-order valence-electron chi connectivity index (χ0n) is 17.0. The van der Waals surface area contributed by atoms with Gasteiger partial charge in [-0.3, -0.25) is 9.59 Å². The van der Waals surface area contributed by atoms with Crippen LogP contribution in [0.2, 0.25) is 0 Å². The first kappa shape index (κ1) is 21.2. The van der Waals surface area contributed by atoms with Crippen molar-refractivity contribution < 1.29 is 14.3 Å². The van der Waals surface area contributed by atoms with Crippen LogP contribution in [0.4, 0.5) is 0 Å². The average Bonchev–Trinajstić information content (AvgIpc) is 2.64. The third-order valence-corrected chi connectivity index (χ3v) is 4.97. The maximum atomic E-state index is 13.0. The predicted octanol–water partition coefficient (Wildman–Crippen LogP) is 2.63. The fourth-order valence-electron chi connectivity index (χ4n) is 3.56. The summed E-state index contributed by atoms with van der Waals surface area (Å²) < 4.78 is 5.54. The molecule has 1 saturated heterocycles.